The summed E-state index contributed by atoms with van der Waals surface area (Å²) < 4.78 is 0. The van der Waals surface area contributed by atoms with Crippen molar-refractivity contribution in [3.63, 3.8) is 0 Å². The molecule has 132 valence electrons. The van der Waals surface area contributed by atoms with Crippen LogP contribution in [0.5, 0.6) is 0 Å². The van der Waals surface area contributed by atoms with Crippen LogP contribution < -0.4 is 11.1 Å². The van der Waals surface area contributed by atoms with E-state index in [1.165, 1.54) is 25.1 Å². The molecule has 1 aliphatic heterocycles. The van der Waals surface area contributed by atoms with Crippen LogP contribution in [-0.2, 0) is 6.54 Å². The van der Waals surface area contributed by atoms with Gasteiger partial charge in [0.25, 0.3) is 5.91 Å². The van der Waals surface area contributed by atoms with Gasteiger partial charge in [0.2, 0.25) is 0 Å². The Morgan fingerprint density at radius 1 is 1.04 bits per heavy atom. The molecule has 0 radical (unpaired) electrons. The Morgan fingerprint density at radius 3 is 2.24 bits per heavy atom. The Hall–Kier alpha value is -2.33. The van der Waals surface area contributed by atoms with Crippen molar-refractivity contribution in [2.75, 3.05) is 24.1 Å². The monoisotopic (exact) mass is 337 g/mol. The lowest BCUT2D eigenvalue weighted by Gasteiger charge is -2.35. The molecule has 1 fully saturated rings. The van der Waals surface area contributed by atoms with Crippen molar-refractivity contribution in [1.29, 1.82) is 0 Å². The van der Waals surface area contributed by atoms with E-state index in [4.69, 9.17) is 5.73 Å². The van der Waals surface area contributed by atoms with Gasteiger partial charge < -0.3 is 11.1 Å². The predicted octanol–water partition coefficient (Wildman–Crippen LogP) is 4.00. The fourth-order valence-corrected chi connectivity index (χ4v) is 3.71. The molecule has 4 heteroatoms. The first kappa shape index (κ1) is 17.5. The Kier molecular flexibility index (Phi) is 5.39. The highest BCUT2D eigenvalue weighted by Crippen LogP contribution is 2.23. The van der Waals surface area contributed by atoms with Crippen LogP contribution in [0, 0.1) is 11.8 Å². The Bertz CT molecular complexity index is 699. The van der Waals surface area contributed by atoms with Crippen LogP contribution in [0.1, 0.15) is 36.2 Å². The van der Waals surface area contributed by atoms with Gasteiger partial charge in [-0.25, -0.2) is 0 Å². The molecular weight excluding hydrogens is 310 g/mol. The number of likely N-dealkylation sites (tertiary alicyclic amines) is 1. The molecule has 2 atom stereocenters. The second kappa shape index (κ2) is 7.70. The van der Waals surface area contributed by atoms with Gasteiger partial charge in [0.1, 0.15) is 0 Å². The Labute approximate surface area is 150 Å². The summed E-state index contributed by atoms with van der Waals surface area (Å²) in [6, 6.07) is 15.1. The standard InChI is InChI=1S/C21H27N3O/c1-15-11-16(2)13-24(12-15)14-17-3-9-20(10-4-17)23-21(25)18-5-7-19(22)8-6-18/h3-10,15-16H,11-14,22H2,1-2H3,(H,23,25). The number of hydrogen-bond donors (Lipinski definition) is 2. The number of nitrogen functional groups attached to an aromatic ring is 1. The van der Waals surface area contributed by atoms with Gasteiger partial charge in [-0.3, -0.25) is 9.69 Å². The van der Waals surface area contributed by atoms with E-state index in [1.807, 2.05) is 12.1 Å². The molecule has 2 aromatic carbocycles. The summed E-state index contributed by atoms with van der Waals surface area (Å²) in [5.74, 6) is 1.41. The molecule has 0 aliphatic carbocycles. The molecule has 0 spiro atoms. The van der Waals surface area contributed by atoms with Crippen LogP contribution in [0.3, 0.4) is 0 Å². The molecule has 0 bridgehead atoms. The minimum Gasteiger partial charge on any atom is -0.399 e. The maximum atomic E-state index is 12.2. The van der Waals surface area contributed by atoms with E-state index < -0.39 is 0 Å². The number of nitrogens with one attached hydrogen (secondary N) is 1. The number of carbonyl (C=O) groups is 1. The molecule has 3 rings (SSSR count). The molecule has 1 heterocycles. The molecule has 4 nitrogen and oxygen atoms in total. The van der Waals surface area contributed by atoms with Crippen molar-refractivity contribution in [1.82, 2.24) is 4.90 Å². The van der Waals surface area contributed by atoms with Gasteiger partial charge in [-0.15, -0.1) is 0 Å². The lowest BCUT2D eigenvalue weighted by atomic mass is 9.91. The van der Waals surface area contributed by atoms with Gasteiger partial charge in [0.05, 0.1) is 0 Å². The van der Waals surface area contributed by atoms with E-state index in [9.17, 15) is 4.79 Å². The van der Waals surface area contributed by atoms with Gasteiger partial charge in [-0.1, -0.05) is 26.0 Å². The molecular formula is C21H27N3O. The second-order valence-corrected chi connectivity index (χ2v) is 7.41. The third-order valence-corrected chi connectivity index (χ3v) is 4.74. The zero-order chi connectivity index (χ0) is 17.8. The number of nitrogens with zero attached hydrogens (tertiary/aromatic N) is 1. The minimum atomic E-state index is -0.119. The van der Waals surface area contributed by atoms with Crippen LogP contribution in [-0.4, -0.2) is 23.9 Å². The third kappa shape index (κ3) is 4.83. The molecule has 1 saturated heterocycles. The normalized spacial score (nSPS) is 21.0. The first-order valence-corrected chi connectivity index (χ1v) is 8.98. The van der Waals surface area contributed by atoms with Crippen molar-refractivity contribution < 1.29 is 4.79 Å². The summed E-state index contributed by atoms with van der Waals surface area (Å²) in [7, 11) is 0. The van der Waals surface area contributed by atoms with Crippen LogP contribution in [0.2, 0.25) is 0 Å². The highest BCUT2D eigenvalue weighted by molar-refractivity contribution is 6.04. The van der Waals surface area contributed by atoms with Crippen molar-refractivity contribution in [3.8, 4) is 0 Å². The maximum absolute atomic E-state index is 12.2. The maximum Gasteiger partial charge on any atom is 0.255 e. The van der Waals surface area contributed by atoms with E-state index in [2.05, 4.69) is 36.2 Å². The quantitative estimate of drug-likeness (QED) is 0.829. The number of amides is 1. The Balaban J connectivity index is 1.58. The molecule has 2 aromatic rings. The minimum absolute atomic E-state index is 0.119. The van der Waals surface area contributed by atoms with E-state index >= 15 is 0 Å². The molecule has 3 N–H and O–H groups in total. The summed E-state index contributed by atoms with van der Waals surface area (Å²) in [6.45, 7) is 7.97. The van der Waals surface area contributed by atoms with E-state index in [-0.39, 0.29) is 5.91 Å². The lowest BCUT2D eigenvalue weighted by Crippen LogP contribution is -2.38. The number of anilines is 2. The highest BCUT2D eigenvalue weighted by atomic mass is 16.1. The Morgan fingerprint density at radius 2 is 1.64 bits per heavy atom. The molecule has 1 aliphatic rings. The number of piperidine rings is 1. The highest BCUT2D eigenvalue weighted by Gasteiger charge is 2.21. The number of hydrogen-bond acceptors (Lipinski definition) is 3. The van der Waals surface area contributed by atoms with Crippen LogP contribution >= 0.6 is 0 Å². The van der Waals surface area contributed by atoms with Crippen molar-refractivity contribution >= 4 is 17.3 Å². The summed E-state index contributed by atoms with van der Waals surface area (Å²) >= 11 is 0. The first-order chi connectivity index (χ1) is 12.0. The lowest BCUT2D eigenvalue weighted by molar-refractivity contribution is 0.102. The number of carbonyl (C=O) groups excluding carboxylic acids is 1. The molecule has 1 amide bonds. The van der Waals surface area contributed by atoms with Crippen molar-refractivity contribution in [2.24, 2.45) is 11.8 Å². The largest absolute Gasteiger partial charge is 0.399 e. The topological polar surface area (TPSA) is 58.4 Å². The average Bonchev–Trinajstić information content (AvgIpc) is 2.56. The van der Waals surface area contributed by atoms with Gasteiger partial charge in [0.15, 0.2) is 0 Å². The van der Waals surface area contributed by atoms with E-state index in [0.29, 0.717) is 11.3 Å². The van der Waals surface area contributed by atoms with Crippen LogP contribution in [0.15, 0.2) is 48.5 Å². The molecule has 25 heavy (non-hydrogen) atoms. The molecule has 2 unspecified atom stereocenters. The third-order valence-electron chi connectivity index (χ3n) is 4.74. The van der Waals surface area contributed by atoms with E-state index in [1.54, 1.807) is 24.3 Å². The number of rotatable bonds is 4. The first-order valence-electron chi connectivity index (χ1n) is 8.98. The van der Waals surface area contributed by atoms with Gasteiger partial charge in [-0.05, 0) is 60.2 Å². The number of benzene rings is 2. The van der Waals surface area contributed by atoms with Crippen molar-refractivity contribution in [2.45, 2.75) is 26.8 Å². The van der Waals surface area contributed by atoms with Crippen molar-refractivity contribution in [3.05, 3.63) is 59.7 Å². The summed E-state index contributed by atoms with van der Waals surface area (Å²) in [4.78, 5) is 14.8. The average molecular weight is 337 g/mol. The zero-order valence-corrected chi connectivity index (χ0v) is 15.0. The van der Waals surface area contributed by atoms with E-state index in [0.717, 1.165) is 24.1 Å². The summed E-state index contributed by atoms with van der Waals surface area (Å²) in [5.41, 5.74) is 9.01. The fraction of sp³-hybridized carbons (Fsp3) is 0.381. The predicted molar refractivity (Wildman–Crippen MR) is 103 cm³/mol. The molecule has 0 aromatic heterocycles. The second-order valence-electron chi connectivity index (χ2n) is 7.41. The SMILES string of the molecule is CC1CC(C)CN(Cc2ccc(NC(=O)c3ccc(N)cc3)cc2)C1. The van der Waals surface area contributed by atoms with Crippen LogP contribution in [0.4, 0.5) is 11.4 Å². The zero-order valence-electron chi connectivity index (χ0n) is 15.0. The molecule has 0 saturated carbocycles. The van der Waals surface area contributed by atoms with Gasteiger partial charge >= 0.3 is 0 Å². The van der Waals surface area contributed by atoms with Gasteiger partial charge in [-0.2, -0.15) is 0 Å². The smallest absolute Gasteiger partial charge is 0.255 e. The summed E-state index contributed by atoms with van der Waals surface area (Å²) in [6.07, 6.45) is 1.33. The number of nitrogens with two attached hydrogens (primary N) is 1. The summed E-state index contributed by atoms with van der Waals surface area (Å²) in [5, 5.41) is 2.93. The van der Waals surface area contributed by atoms with Crippen LogP contribution in [0.25, 0.3) is 0 Å². The van der Waals surface area contributed by atoms with Gasteiger partial charge in [0, 0.05) is 36.6 Å². The fourth-order valence-electron chi connectivity index (χ4n) is 3.71.